The summed E-state index contributed by atoms with van der Waals surface area (Å²) in [5.74, 6) is -1.16. The Balaban J connectivity index is 2.28. The summed E-state index contributed by atoms with van der Waals surface area (Å²) in [5, 5.41) is 13.2. The van der Waals surface area contributed by atoms with E-state index in [1.54, 1.807) is 26.0 Å². The first-order chi connectivity index (χ1) is 9.90. The zero-order valence-corrected chi connectivity index (χ0v) is 11.5. The van der Waals surface area contributed by atoms with E-state index in [-0.39, 0.29) is 11.3 Å². The van der Waals surface area contributed by atoms with Crippen LogP contribution in [0.5, 0.6) is 0 Å². The number of benzene rings is 2. The van der Waals surface area contributed by atoms with Gasteiger partial charge in [0.15, 0.2) is 0 Å². The summed E-state index contributed by atoms with van der Waals surface area (Å²) in [7, 11) is 0. The van der Waals surface area contributed by atoms with Gasteiger partial charge in [-0.2, -0.15) is 0 Å². The number of nitro benzene ring substituents is 1. The second-order valence-electron chi connectivity index (χ2n) is 4.65. The van der Waals surface area contributed by atoms with Crippen molar-refractivity contribution in [1.82, 2.24) is 0 Å². The van der Waals surface area contributed by atoms with Crippen molar-refractivity contribution in [1.29, 1.82) is 0 Å². The molecule has 0 aliphatic carbocycles. The molecule has 1 N–H and O–H groups in total. The zero-order valence-electron chi connectivity index (χ0n) is 11.5. The number of aryl methyl sites for hydroxylation is 2. The Kier molecular flexibility index (Phi) is 3.98. The van der Waals surface area contributed by atoms with Crippen molar-refractivity contribution < 1.29 is 14.1 Å². The average Bonchev–Trinajstić information content (AvgIpc) is 2.43. The van der Waals surface area contributed by atoms with Crippen LogP contribution in [-0.4, -0.2) is 10.8 Å². The summed E-state index contributed by atoms with van der Waals surface area (Å²) in [5.41, 5.74) is 1.19. The van der Waals surface area contributed by atoms with E-state index in [0.29, 0.717) is 16.8 Å². The molecule has 2 rings (SSSR count). The second-order valence-corrected chi connectivity index (χ2v) is 4.65. The number of amides is 1. The van der Waals surface area contributed by atoms with Crippen LogP contribution in [-0.2, 0) is 0 Å². The molecule has 2 aromatic carbocycles. The molecule has 5 nitrogen and oxygen atoms in total. The van der Waals surface area contributed by atoms with E-state index in [4.69, 9.17) is 0 Å². The molecule has 0 saturated heterocycles. The third-order valence-corrected chi connectivity index (χ3v) is 3.11. The zero-order chi connectivity index (χ0) is 15.6. The van der Waals surface area contributed by atoms with Crippen LogP contribution in [0.4, 0.5) is 15.8 Å². The number of halogens is 1. The van der Waals surface area contributed by atoms with E-state index in [2.05, 4.69) is 5.32 Å². The molecule has 0 aliphatic heterocycles. The van der Waals surface area contributed by atoms with Crippen LogP contribution >= 0.6 is 0 Å². The van der Waals surface area contributed by atoms with E-state index < -0.39 is 16.6 Å². The van der Waals surface area contributed by atoms with Gasteiger partial charge in [-0.1, -0.05) is 12.1 Å². The fourth-order valence-electron chi connectivity index (χ4n) is 1.91. The number of anilines is 1. The van der Waals surface area contributed by atoms with Crippen LogP contribution in [0.15, 0.2) is 36.4 Å². The maximum Gasteiger partial charge on any atom is 0.269 e. The highest BCUT2D eigenvalue weighted by Gasteiger charge is 2.15. The van der Waals surface area contributed by atoms with Crippen molar-refractivity contribution in [3.8, 4) is 0 Å². The Morgan fingerprint density at radius 1 is 1.19 bits per heavy atom. The minimum Gasteiger partial charge on any atom is -0.322 e. The molecule has 0 heterocycles. The highest BCUT2D eigenvalue weighted by molar-refractivity contribution is 6.05. The van der Waals surface area contributed by atoms with Crippen LogP contribution in [0, 0.1) is 29.8 Å². The van der Waals surface area contributed by atoms with Crippen LogP contribution in [0.25, 0.3) is 0 Å². The van der Waals surface area contributed by atoms with Gasteiger partial charge in [0.05, 0.1) is 10.5 Å². The Hall–Kier alpha value is -2.76. The van der Waals surface area contributed by atoms with Crippen molar-refractivity contribution in [2.24, 2.45) is 0 Å². The van der Waals surface area contributed by atoms with Gasteiger partial charge in [0, 0.05) is 17.8 Å². The summed E-state index contributed by atoms with van der Waals surface area (Å²) >= 11 is 0. The number of hydrogen-bond acceptors (Lipinski definition) is 3. The van der Waals surface area contributed by atoms with Gasteiger partial charge in [-0.05, 0) is 37.1 Å². The van der Waals surface area contributed by atoms with Crippen LogP contribution in [0.2, 0.25) is 0 Å². The maximum atomic E-state index is 13.9. The molecule has 0 radical (unpaired) electrons. The molecule has 1 amide bonds. The highest BCUT2D eigenvalue weighted by atomic mass is 19.1. The van der Waals surface area contributed by atoms with Crippen molar-refractivity contribution in [3.05, 3.63) is 69.0 Å². The van der Waals surface area contributed by atoms with Crippen molar-refractivity contribution in [2.75, 3.05) is 5.32 Å². The number of nitrogens with zero attached hydrogens (tertiary/aromatic N) is 1. The molecule has 2 aromatic rings. The molecule has 0 fully saturated rings. The largest absolute Gasteiger partial charge is 0.322 e. The Morgan fingerprint density at radius 2 is 1.90 bits per heavy atom. The number of rotatable bonds is 3. The van der Waals surface area contributed by atoms with Gasteiger partial charge in [0.2, 0.25) is 0 Å². The normalized spacial score (nSPS) is 10.2. The molecular weight excluding hydrogens is 275 g/mol. The molecule has 0 aromatic heterocycles. The van der Waals surface area contributed by atoms with Gasteiger partial charge in [-0.15, -0.1) is 0 Å². The van der Waals surface area contributed by atoms with Crippen molar-refractivity contribution in [3.63, 3.8) is 0 Å². The summed E-state index contributed by atoms with van der Waals surface area (Å²) in [6.45, 7) is 3.21. The van der Waals surface area contributed by atoms with Crippen molar-refractivity contribution in [2.45, 2.75) is 13.8 Å². The Labute approximate surface area is 120 Å². The molecule has 6 heteroatoms. The second kappa shape index (κ2) is 5.70. The summed E-state index contributed by atoms with van der Waals surface area (Å²) in [4.78, 5) is 22.2. The van der Waals surface area contributed by atoms with E-state index in [1.165, 1.54) is 24.3 Å². The topological polar surface area (TPSA) is 72.2 Å². The molecule has 0 atom stereocenters. The number of nitrogens with one attached hydrogen (secondary N) is 1. The van der Waals surface area contributed by atoms with Crippen molar-refractivity contribution >= 4 is 17.3 Å². The third kappa shape index (κ3) is 3.05. The lowest BCUT2D eigenvalue weighted by Gasteiger charge is -2.09. The minimum atomic E-state index is -0.590. The number of hydrogen-bond donors (Lipinski definition) is 1. The summed E-state index contributed by atoms with van der Waals surface area (Å²) < 4.78 is 13.9. The predicted octanol–water partition coefficient (Wildman–Crippen LogP) is 3.60. The smallest absolute Gasteiger partial charge is 0.269 e. The summed E-state index contributed by atoms with van der Waals surface area (Å²) in [6.07, 6.45) is 0. The number of nitro groups is 1. The lowest BCUT2D eigenvalue weighted by atomic mass is 10.1. The van der Waals surface area contributed by atoms with Gasteiger partial charge in [-0.25, -0.2) is 4.39 Å². The van der Waals surface area contributed by atoms with Gasteiger partial charge in [-0.3, -0.25) is 14.9 Å². The van der Waals surface area contributed by atoms with Crippen LogP contribution in [0.1, 0.15) is 21.5 Å². The predicted molar refractivity (Wildman–Crippen MR) is 76.9 cm³/mol. The molecule has 108 valence electrons. The van der Waals surface area contributed by atoms with Gasteiger partial charge >= 0.3 is 0 Å². The van der Waals surface area contributed by atoms with Gasteiger partial charge < -0.3 is 5.32 Å². The van der Waals surface area contributed by atoms with Gasteiger partial charge in [0.1, 0.15) is 5.82 Å². The fourth-order valence-corrected chi connectivity index (χ4v) is 1.91. The molecular formula is C15H13FN2O3. The van der Waals surface area contributed by atoms with Crippen LogP contribution in [0.3, 0.4) is 0 Å². The first-order valence-corrected chi connectivity index (χ1v) is 6.21. The molecule has 0 spiro atoms. The average molecular weight is 288 g/mol. The van der Waals surface area contributed by atoms with Gasteiger partial charge in [0.25, 0.3) is 11.6 Å². The molecule has 21 heavy (non-hydrogen) atoms. The first-order valence-electron chi connectivity index (χ1n) is 6.21. The first kappa shape index (κ1) is 14.6. The molecule has 0 aliphatic rings. The molecule has 0 bridgehead atoms. The van der Waals surface area contributed by atoms with E-state index in [9.17, 15) is 19.3 Å². The molecule has 0 saturated carbocycles. The highest BCUT2D eigenvalue weighted by Crippen LogP contribution is 2.22. The number of carbonyl (C=O) groups excluding carboxylic acids is 1. The quantitative estimate of drug-likeness (QED) is 0.692. The standard InChI is InChI=1S/C15H13FN2O3/c1-9-4-3-5-12(14(9)16)15(19)17-13-7-6-11(18(20)21)8-10(13)2/h3-8H,1-2H3,(H,17,19). The Bertz CT molecular complexity index is 729. The maximum absolute atomic E-state index is 13.9. The lowest BCUT2D eigenvalue weighted by molar-refractivity contribution is -0.384. The Morgan fingerprint density at radius 3 is 2.52 bits per heavy atom. The fraction of sp³-hybridized carbons (Fsp3) is 0.133. The van der Waals surface area contributed by atoms with E-state index in [0.717, 1.165) is 0 Å². The molecule has 0 unspecified atom stereocenters. The van der Waals surface area contributed by atoms with Crippen LogP contribution < -0.4 is 5.32 Å². The monoisotopic (exact) mass is 288 g/mol. The number of carbonyl (C=O) groups is 1. The SMILES string of the molecule is Cc1cc([N+](=O)[O-])ccc1NC(=O)c1cccc(C)c1F. The summed E-state index contributed by atoms with van der Waals surface area (Å²) in [6, 6.07) is 8.62. The number of non-ortho nitro benzene ring substituents is 1. The van der Waals surface area contributed by atoms with E-state index in [1.807, 2.05) is 0 Å². The van der Waals surface area contributed by atoms with E-state index >= 15 is 0 Å². The minimum absolute atomic E-state index is 0.0623. The third-order valence-electron chi connectivity index (χ3n) is 3.11. The lowest BCUT2D eigenvalue weighted by Crippen LogP contribution is -2.15.